The van der Waals surface area contributed by atoms with Crippen molar-refractivity contribution in [2.75, 3.05) is 4.90 Å². The van der Waals surface area contributed by atoms with Gasteiger partial charge in [0.2, 0.25) is 0 Å². The number of imide groups is 1. The summed E-state index contributed by atoms with van der Waals surface area (Å²) in [5, 5.41) is 8.91. The van der Waals surface area contributed by atoms with Gasteiger partial charge in [0.1, 0.15) is 0 Å². The van der Waals surface area contributed by atoms with Gasteiger partial charge in [-0.25, -0.2) is 9.69 Å². The number of hydrogen-bond acceptors (Lipinski definition) is 2. The summed E-state index contributed by atoms with van der Waals surface area (Å²) in [4.78, 5) is 23.1. The summed E-state index contributed by atoms with van der Waals surface area (Å²) in [5.74, 6) is -0.617. The molecule has 2 amide bonds. The van der Waals surface area contributed by atoms with Crippen LogP contribution in [0.25, 0.3) is 0 Å². The normalized spacial score (nSPS) is 9.40. The van der Waals surface area contributed by atoms with E-state index in [1.54, 1.807) is 30.3 Å². The first-order valence-electron chi connectivity index (χ1n) is 4.32. The maximum absolute atomic E-state index is 11.5. The average molecular weight is 205 g/mol. The molecule has 0 heterocycles. The highest BCUT2D eigenvalue weighted by molar-refractivity contribution is 6.17. The molecule has 0 aliphatic heterocycles. The minimum atomic E-state index is -1.31. The number of nitrogens with zero attached hydrogens (tertiary/aromatic N) is 1. The molecule has 4 nitrogen and oxygen atoms in total. The lowest BCUT2D eigenvalue weighted by molar-refractivity contribution is -0.114. The van der Waals surface area contributed by atoms with E-state index in [1.807, 2.05) is 0 Å². The molecule has 0 bridgehead atoms. The molecule has 0 saturated carbocycles. The average Bonchev–Trinajstić information content (AvgIpc) is 2.18. The van der Waals surface area contributed by atoms with Crippen LogP contribution in [0.2, 0.25) is 0 Å². The predicted octanol–water partition coefficient (Wildman–Crippen LogP) is 2.27. The molecule has 0 unspecified atom stereocenters. The lowest BCUT2D eigenvalue weighted by atomic mass is 10.2. The zero-order valence-electron chi connectivity index (χ0n) is 8.30. The fraction of sp³-hybridized carbons (Fsp3) is 0.0909. The maximum Gasteiger partial charge on any atom is 0.419 e. The fourth-order valence-electron chi connectivity index (χ4n) is 1.08. The lowest BCUT2D eigenvalue weighted by Crippen LogP contribution is -2.36. The molecule has 0 radical (unpaired) electrons. The van der Waals surface area contributed by atoms with E-state index in [-0.39, 0.29) is 5.57 Å². The Hall–Kier alpha value is -2.10. The molecule has 1 rings (SSSR count). The van der Waals surface area contributed by atoms with E-state index in [2.05, 4.69) is 6.58 Å². The minimum absolute atomic E-state index is 0.182. The Balaban J connectivity index is 3.10. The number of carboxylic acid groups (broad SMARTS) is 1. The predicted molar refractivity (Wildman–Crippen MR) is 56.8 cm³/mol. The van der Waals surface area contributed by atoms with Crippen LogP contribution in [0.3, 0.4) is 0 Å². The molecule has 4 heteroatoms. The Labute approximate surface area is 87.4 Å². The van der Waals surface area contributed by atoms with Gasteiger partial charge in [0.15, 0.2) is 0 Å². The third-order valence-electron chi connectivity index (χ3n) is 1.77. The number of carbonyl (C=O) groups is 2. The summed E-state index contributed by atoms with van der Waals surface area (Å²) in [6.07, 6.45) is -1.31. The van der Waals surface area contributed by atoms with Crippen molar-refractivity contribution in [2.24, 2.45) is 0 Å². The van der Waals surface area contributed by atoms with Crippen LogP contribution < -0.4 is 4.90 Å². The van der Waals surface area contributed by atoms with Crippen molar-refractivity contribution < 1.29 is 14.7 Å². The first kappa shape index (κ1) is 11.0. The molecule has 0 aromatic heterocycles. The number of para-hydroxylation sites is 1. The van der Waals surface area contributed by atoms with Crippen LogP contribution in [-0.4, -0.2) is 17.1 Å². The zero-order chi connectivity index (χ0) is 11.4. The number of hydrogen-bond donors (Lipinski definition) is 1. The molecule has 0 fully saturated rings. The summed E-state index contributed by atoms with van der Waals surface area (Å²) in [6.45, 7) is 4.90. The van der Waals surface area contributed by atoms with Crippen molar-refractivity contribution in [2.45, 2.75) is 6.92 Å². The Morgan fingerprint density at radius 3 is 2.20 bits per heavy atom. The van der Waals surface area contributed by atoms with E-state index in [9.17, 15) is 9.59 Å². The van der Waals surface area contributed by atoms with Crippen LogP contribution in [-0.2, 0) is 4.79 Å². The van der Waals surface area contributed by atoms with Crippen LogP contribution >= 0.6 is 0 Å². The van der Waals surface area contributed by atoms with Crippen molar-refractivity contribution in [3.8, 4) is 0 Å². The topological polar surface area (TPSA) is 57.6 Å². The summed E-state index contributed by atoms with van der Waals surface area (Å²) >= 11 is 0. The Bertz CT molecular complexity index is 398. The Morgan fingerprint density at radius 1 is 1.27 bits per heavy atom. The number of benzene rings is 1. The molecule has 0 aliphatic carbocycles. The van der Waals surface area contributed by atoms with Crippen LogP contribution in [0.5, 0.6) is 0 Å². The molecule has 0 atom stereocenters. The van der Waals surface area contributed by atoms with Gasteiger partial charge in [-0.3, -0.25) is 4.79 Å². The van der Waals surface area contributed by atoms with Crippen molar-refractivity contribution in [1.29, 1.82) is 0 Å². The standard InChI is InChI=1S/C11H11NO3/c1-8(2)10(13)12(11(14)15)9-6-4-3-5-7-9/h3-7H,1H2,2H3,(H,14,15). The van der Waals surface area contributed by atoms with Crippen LogP contribution in [0, 0.1) is 0 Å². The van der Waals surface area contributed by atoms with E-state index in [0.29, 0.717) is 10.6 Å². The highest BCUT2D eigenvalue weighted by Crippen LogP contribution is 2.15. The van der Waals surface area contributed by atoms with Gasteiger partial charge in [0.25, 0.3) is 5.91 Å². The zero-order valence-corrected chi connectivity index (χ0v) is 8.30. The Morgan fingerprint density at radius 2 is 1.80 bits per heavy atom. The highest BCUT2D eigenvalue weighted by Gasteiger charge is 2.22. The van der Waals surface area contributed by atoms with Crippen molar-refractivity contribution in [1.82, 2.24) is 0 Å². The van der Waals surface area contributed by atoms with Gasteiger partial charge in [-0.15, -0.1) is 0 Å². The monoisotopic (exact) mass is 205 g/mol. The summed E-state index contributed by atoms with van der Waals surface area (Å²) in [5.41, 5.74) is 0.499. The number of carbonyl (C=O) groups excluding carboxylic acids is 1. The quantitative estimate of drug-likeness (QED) is 0.753. The van der Waals surface area contributed by atoms with Crippen LogP contribution in [0.4, 0.5) is 10.5 Å². The largest absolute Gasteiger partial charge is 0.464 e. The van der Waals surface area contributed by atoms with E-state index in [1.165, 1.54) is 6.92 Å². The third kappa shape index (κ3) is 2.43. The molecule has 1 N–H and O–H groups in total. The second kappa shape index (κ2) is 4.41. The first-order valence-corrected chi connectivity index (χ1v) is 4.32. The van der Waals surface area contributed by atoms with Gasteiger partial charge in [-0.05, 0) is 19.1 Å². The van der Waals surface area contributed by atoms with E-state index < -0.39 is 12.0 Å². The van der Waals surface area contributed by atoms with Gasteiger partial charge >= 0.3 is 6.09 Å². The van der Waals surface area contributed by atoms with Gasteiger partial charge in [0, 0.05) is 5.57 Å². The molecular formula is C11H11NO3. The molecule has 1 aromatic rings. The van der Waals surface area contributed by atoms with Crippen LogP contribution in [0.15, 0.2) is 42.5 Å². The number of anilines is 1. The van der Waals surface area contributed by atoms with E-state index in [4.69, 9.17) is 5.11 Å². The van der Waals surface area contributed by atoms with Gasteiger partial charge in [-0.2, -0.15) is 0 Å². The molecule has 0 saturated heterocycles. The van der Waals surface area contributed by atoms with Crippen molar-refractivity contribution >= 4 is 17.7 Å². The number of amides is 2. The minimum Gasteiger partial charge on any atom is -0.464 e. The van der Waals surface area contributed by atoms with Gasteiger partial charge in [0.05, 0.1) is 5.69 Å². The summed E-state index contributed by atoms with van der Waals surface area (Å²) < 4.78 is 0. The SMILES string of the molecule is C=C(C)C(=O)N(C(=O)O)c1ccccc1. The smallest absolute Gasteiger partial charge is 0.419 e. The first-order chi connectivity index (χ1) is 7.04. The Kier molecular flexibility index (Phi) is 3.23. The molecule has 0 spiro atoms. The lowest BCUT2D eigenvalue weighted by Gasteiger charge is -2.16. The molecular weight excluding hydrogens is 194 g/mol. The van der Waals surface area contributed by atoms with Crippen molar-refractivity contribution in [3.63, 3.8) is 0 Å². The second-order valence-corrected chi connectivity index (χ2v) is 3.04. The second-order valence-electron chi connectivity index (χ2n) is 3.04. The van der Waals surface area contributed by atoms with E-state index >= 15 is 0 Å². The third-order valence-corrected chi connectivity index (χ3v) is 1.77. The highest BCUT2D eigenvalue weighted by atomic mass is 16.4. The molecule has 1 aromatic carbocycles. The molecule has 78 valence electrons. The number of rotatable bonds is 2. The summed E-state index contributed by atoms with van der Waals surface area (Å²) in [7, 11) is 0. The molecule has 0 aliphatic rings. The van der Waals surface area contributed by atoms with Gasteiger partial charge in [-0.1, -0.05) is 24.8 Å². The van der Waals surface area contributed by atoms with Crippen LogP contribution in [0.1, 0.15) is 6.92 Å². The maximum atomic E-state index is 11.5. The van der Waals surface area contributed by atoms with Crippen molar-refractivity contribution in [3.05, 3.63) is 42.5 Å². The molecule has 15 heavy (non-hydrogen) atoms. The van der Waals surface area contributed by atoms with E-state index in [0.717, 1.165) is 0 Å². The summed E-state index contributed by atoms with van der Waals surface area (Å²) in [6, 6.07) is 8.17. The fourth-order valence-corrected chi connectivity index (χ4v) is 1.08. The van der Waals surface area contributed by atoms with Gasteiger partial charge < -0.3 is 5.11 Å².